The molecule has 0 spiro atoms. The average Bonchev–Trinajstić information content (AvgIpc) is 3.24. The van der Waals surface area contributed by atoms with Crippen molar-refractivity contribution in [3.63, 3.8) is 0 Å². The van der Waals surface area contributed by atoms with Crippen molar-refractivity contribution in [1.82, 2.24) is 0 Å². The number of furan rings is 1. The van der Waals surface area contributed by atoms with Crippen molar-refractivity contribution in [2.75, 3.05) is 23.3 Å². The van der Waals surface area contributed by atoms with Crippen LogP contribution in [0.15, 0.2) is 59.0 Å². The van der Waals surface area contributed by atoms with E-state index in [1.807, 2.05) is 4.90 Å². The number of carbonyl (C=O) groups excluding carboxylic acids is 1. The number of carbonyl (C=O) groups is 1. The Kier molecular flexibility index (Phi) is 5.96. The molecule has 3 aromatic rings. The van der Waals surface area contributed by atoms with Gasteiger partial charge in [0.2, 0.25) is 0 Å². The molecular weight excluding hydrogens is 429 g/mol. The van der Waals surface area contributed by atoms with Crippen LogP contribution in [0.25, 0.3) is 11.3 Å². The zero-order chi connectivity index (χ0) is 22.0. The SMILES string of the molecule is O=C(Nc1cc(C(F)(F)F)ccc1N1CCCCC1)c1ccc(-c2cccc(Cl)c2)o1. The Morgan fingerprint density at radius 3 is 2.48 bits per heavy atom. The lowest BCUT2D eigenvalue weighted by Crippen LogP contribution is -2.30. The lowest BCUT2D eigenvalue weighted by atomic mass is 10.1. The van der Waals surface area contributed by atoms with Gasteiger partial charge in [0.25, 0.3) is 5.91 Å². The van der Waals surface area contributed by atoms with E-state index in [0.717, 1.165) is 44.5 Å². The predicted molar refractivity (Wildman–Crippen MR) is 115 cm³/mol. The third-order valence-corrected chi connectivity index (χ3v) is 5.44. The van der Waals surface area contributed by atoms with Crippen LogP contribution in [0.2, 0.25) is 5.02 Å². The average molecular weight is 449 g/mol. The summed E-state index contributed by atoms with van der Waals surface area (Å²) in [6.07, 6.45) is -1.52. The first-order valence-electron chi connectivity index (χ1n) is 9.94. The van der Waals surface area contributed by atoms with Gasteiger partial charge in [0.15, 0.2) is 5.76 Å². The summed E-state index contributed by atoms with van der Waals surface area (Å²) in [5.74, 6) is -0.184. The number of piperidine rings is 1. The van der Waals surface area contributed by atoms with E-state index in [1.54, 1.807) is 30.3 Å². The highest BCUT2D eigenvalue weighted by atomic mass is 35.5. The van der Waals surface area contributed by atoms with Gasteiger partial charge in [0.1, 0.15) is 5.76 Å². The standard InChI is InChI=1S/C23H20ClF3N2O2/c24-17-6-4-5-15(13-17)20-9-10-21(31-20)22(30)28-18-14-16(23(25,26)27)7-8-19(18)29-11-2-1-3-12-29/h4-10,13-14H,1-3,11-12H2,(H,28,30). The third-order valence-electron chi connectivity index (χ3n) is 5.21. The van der Waals surface area contributed by atoms with E-state index in [4.69, 9.17) is 16.0 Å². The van der Waals surface area contributed by atoms with E-state index in [2.05, 4.69) is 5.32 Å². The minimum absolute atomic E-state index is 0.00279. The molecule has 1 saturated heterocycles. The molecule has 0 unspecified atom stereocenters. The van der Waals surface area contributed by atoms with Crippen molar-refractivity contribution in [1.29, 1.82) is 0 Å². The molecule has 1 aliphatic heterocycles. The number of halogens is 4. The molecule has 0 atom stereocenters. The largest absolute Gasteiger partial charge is 0.451 e. The zero-order valence-corrected chi connectivity index (χ0v) is 17.3. The van der Waals surface area contributed by atoms with Crippen LogP contribution in [0, 0.1) is 0 Å². The number of benzene rings is 2. The van der Waals surface area contributed by atoms with Gasteiger partial charge < -0.3 is 14.6 Å². The molecule has 31 heavy (non-hydrogen) atoms. The summed E-state index contributed by atoms with van der Waals surface area (Å²) in [6.45, 7) is 1.46. The monoisotopic (exact) mass is 448 g/mol. The highest BCUT2D eigenvalue weighted by Crippen LogP contribution is 2.36. The summed E-state index contributed by atoms with van der Waals surface area (Å²) >= 11 is 6.00. The number of nitrogens with one attached hydrogen (secondary N) is 1. The number of hydrogen-bond donors (Lipinski definition) is 1. The summed E-state index contributed by atoms with van der Waals surface area (Å²) in [5.41, 5.74) is 0.562. The highest BCUT2D eigenvalue weighted by molar-refractivity contribution is 6.30. The van der Waals surface area contributed by atoms with E-state index < -0.39 is 17.6 Å². The Balaban J connectivity index is 1.62. The van der Waals surface area contributed by atoms with E-state index in [0.29, 0.717) is 22.0 Å². The molecule has 1 amide bonds. The number of alkyl halides is 3. The molecular formula is C23H20ClF3N2O2. The van der Waals surface area contributed by atoms with E-state index in [1.165, 1.54) is 12.1 Å². The third kappa shape index (κ3) is 4.88. The maximum Gasteiger partial charge on any atom is 0.416 e. The van der Waals surface area contributed by atoms with Crippen LogP contribution >= 0.6 is 11.6 Å². The van der Waals surface area contributed by atoms with E-state index in [9.17, 15) is 18.0 Å². The van der Waals surface area contributed by atoms with Crippen molar-refractivity contribution in [3.05, 3.63) is 70.9 Å². The van der Waals surface area contributed by atoms with Gasteiger partial charge in [0.05, 0.1) is 16.9 Å². The number of nitrogens with zero attached hydrogens (tertiary/aromatic N) is 1. The Labute approximate surface area is 182 Å². The van der Waals surface area contributed by atoms with Crippen LogP contribution in [-0.4, -0.2) is 19.0 Å². The molecule has 0 radical (unpaired) electrons. The van der Waals surface area contributed by atoms with Crippen molar-refractivity contribution in [2.45, 2.75) is 25.4 Å². The van der Waals surface area contributed by atoms with Crippen LogP contribution in [0.5, 0.6) is 0 Å². The lowest BCUT2D eigenvalue weighted by Gasteiger charge is -2.31. The first-order chi connectivity index (χ1) is 14.8. The van der Waals surface area contributed by atoms with Crippen molar-refractivity contribution < 1.29 is 22.4 Å². The molecule has 8 heteroatoms. The fourth-order valence-corrected chi connectivity index (χ4v) is 3.85. The van der Waals surface area contributed by atoms with Crippen LogP contribution < -0.4 is 10.2 Å². The molecule has 4 rings (SSSR count). The molecule has 4 nitrogen and oxygen atoms in total. The maximum absolute atomic E-state index is 13.3. The van der Waals surface area contributed by atoms with Gasteiger partial charge >= 0.3 is 6.18 Å². The summed E-state index contributed by atoms with van der Waals surface area (Å²) in [7, 11) is 0. The van der Waals surface area contributed by atoms with Gasteiger partial charge in [-0.05, 0) is 61.7 Å². The fraction of sp³-hybridized carbons (Fsp3) is 0.261. The molecule has 0 aliphatic carbocycles. The number of hydrogen-bond acceptors (Lipinski definition) is 3. The van der Waals surface area contributed by atoms with Gasteiger partial charge in [-0.2, -0.15) is 13.2 Å². The van der Waals surface area contributed by atoms with E-state index >= 15 is 0 Å². The predicted octanol–water partition coefficient (Wildman–Crippen LogP) is 6.86. The quantitative estimate of drug-likeness (QED) is 0.474. The minimum atomic E-state index is -4.51. The molecule has 2 aromatic carbocycles. The second-order valence-corrected chi connectivity index (χ2v) is 7.84. The fourth-order valence-electron chi connectivity index (χ4n) is 3.66. The van der Waals surface area contributed by atoms with Gasteiger partial charge in [-0.3, -0.25) is 4.79 Å². The summed E-state index contributed by atoms with van der Waals surface area (Å²) in [5, 5.41) is 3.14. The summed E-state index contributed by atoms with van der Waals surface area (Å²) in [4.78, 5) is 14.8. The van der Waals surface area contributed by atoms with Crippen molar-refractivity contribution >= 4 is 28.9 Å². The molecule has 162 valence electrons. The number of anilines is 2. The van der Waals surface area contributed by atoms with Gasteiger partial charge in [0, 0.05) is 23.7 Å². The Morgan fingerprint density at radius 2 is 1.77 bits per heavy atom. The number of rotatable bonds is 4. The molecule has 2 heterocycles. The smallest absolute Gasteiger partial charge is 0.416 e. The Morgan fingerprint density at radius 1 is 1.00 bits per heavy atom. The van der Waals surface area contributed by atoms with E-state index in [-0.39, 0.29) is 11.4 Å². The second-order valence-electron chi connectivity index (χ2n) is 7.41. The van der Waals surface area contributed by atoms with Crippen LogP contribution in [0.4, 0.5) is 24.5 Å². The highest BCUT2D eigenvalue weighted by Gasteiger charge is 2.32. The number of amides is 1. The minimum Gasteiger partial charge on any atom is -0.451 e. The Bertz CT molecular complexity index is 1090. The zero-order valence-electron chi connectivity index (χ0n) is 16.5. The van der Waals surface area contributed by atoms with Gasteiger partial charge in [-0.15, -0.1) is 0 Å². The van der Waals surface area contributed by atoms with Crippen LogP contribution in [0.3, 0.4) is 0 Å². The van der Waals surface area contributed by atoms with Gasteiger partial charge in [-0.1, -0.05) is 23.7 Å². The van der Waals surface area contributed by atoms with Crippen molar-refractivity contribution in [2.24, 2.45) is 0 Å². The van der Waals surface area contributed by atoms with Crippen molar-refractivity contribution in [3.8, 4) is 11.3 Å². The molecule has 1 fully saturated rings. The molecule has 1 N–H and O–H groups in total. The van der Waals surface area contributed by atoms with Gasteiger partial charge in [-0.25, -0.2) is 0 Å². The molecule has 0 bridgehead atoms. The Hall–Kier alpha value is -2.93. The topological polar surface area (TPSA) is 45.5 Å². The summed E-state index contributed by atoms with van der Waals surface area (Å²) in [6, 6.07) is 13.5. The lowest BCUT2D eigenvalue weighted by molar-refractivity contribution is -0.137. The normalized spacial score (nSPS) is 14.5. The molecule has 1 aliphatic rings. The molecule has 1 aromatic heterocycles. The molecule has 0 saturated carbocycles. The van der Waals surface area contributed by atoms with Crippen LogP contribution in [0.1, 0.15) is 35.4 Å². The first-order valence-corrected chi connectivity index (χ1v) is 10.3. The second kappa shape index (κ2) is 8.67. The first kappa shape index (κ1) is 21.3. The maximum atomic E-state index is 13.3. The van der Waals surface area contributed by atoms with Crippen LogP contribution in [-0.2, 0) is 6.18 Å². The summed E-state index contributed by atoms with van der Waals surface area (Å²) < 4.78 is 45.4.